The van der Waals surface area contributed by atoms with Crippen LogP contribution in [-0.4, -0.2) is 16.2 Å². The predicted molar refractivity (Wildman–Crippen MR) is 68.2 cm³/mol. The maximum atomic E-state index is 10.5. The van der Waals surface area contributed by atoms with E-state index in [9.17, 15) is 9.90 Å². The molecule has 0 saturated carbocycles. The number of carboxylic acid groups (broad SMARTS) is 1. The van der Waals surface area contributed by atoms with Crippen LogP contribution in [0.25, 0.3) is 6.08 Å². The minimum absolute atomic E-state index is 0.179. The molecule has 0 fully saturated rings. The maximum Gasteiger partial charge on any atom is 0.328 e. The van der Waals surface area contributed by atoms with Gasteiger partial charge in [0.25, 0.3) is 0 Å². The number of aromatic hydroxyl groups is 1. The van der Waals surface area contributed by atoms with Crippen LogP contribution in [0.4, 0.5) is 0 Å². The third kappa shape index (κ3) is 3.34. The van der Waals surface area contributed by atoms with Crippen molar-refractivity contribution < 1.29 is 15.0 Å². The van der Waals surface area contributed by atoms with E-state index in [0.29, 0.717) is 0 Å². The van der Waals surface area contributed by atoms with E-state index in [4.69, 9.17) is 5.11 Å². The zero-order valence-electron chi connectivity index (χ0n) is 10.6. The summed E-state index contributed by atoms with van der Waals surface area (Å²) >= 11 is 0. The summed E-state index contributed by atoms with van der Waals surface area (Å²) < 4.78 is 0. The van der Waals surface area contributed by atoms with Crippen molar-refractivity contribution in [3.8, 4) is 5.75 Å². The SMILES string of the molecule is Cc1cc(C=CC(=O)O)cc(C(C)(C)C)c1O. The highest BCUT2D eigenvalue weighted by molar-refractivity contribution is 5.85. The first-order valence-electron chi connectivity index (χ1n) is 5.47. The van der Waals surface area contributed by atoms with E-state index in [0.717, 1.165) is 22.8 Å². The van der Waals surface area contributed by atoms with E-state index in [1.54, 1.807) is 6.07 Å². The number of aryl methyl sites for hydroxylation is 1. The van der Waals surface area contributed by atoms with Crippen molar-refractivity contribution in [2.24, 2.45) is 0 Å². The minimum Gasteiger partial charge on any atom is -0.507 e. The lowest BCUT2D eigenvalue weighted by atomic mass is 9.84. The number of hydrogen-bond donors (Lipinski definition) is 2. The van der Waals surface area contributed by atoms with Gasteiger partial charge in [-0.1, -0.05) is 20.8 Å². The van der Waals surface area contributed by atoms with Crippen molar-refractivity contribution in [2.45, 2.75) is 33.1 Å². The molecular weight excluding hydrogens is 216 g/mol. The second-order valence-corrected chi connectivity index (χ2v) is 5.16. The molecule has 0 amide bonds. The predicted octanol–water partition coefficient (Wildman–Crippen LogP) is 3.10. The van der Waals surface area contributed by atoms with Crippen molar-refractivity contribution in [2.75, 3.05) is 0 Å². The molecule has 0 aliphatic carbocycles. The molecule has 3 heteroatoms. The maximum absolute atomic E-state index is 10.5. The largest absolute Gasteiger partial charge is 0.507 e. The summed E-state index contributed by atoms with van der Waals surface area (Å²) in [6, 6.07) is 3.59. The van der Waals surface area contributed by atoms with Gasteiger partial charge in [0.1, 0.15) is 5.75 Å². The summed E-state index contributed by atoms with van der Waals surface area (Å²) in [7, 11) is 0. The Kier molecular flexibility index (Phi) is 3.61. The molecule has 1 rings (SSSR count). The Morgan fingerprint density at radius 2 is 1.88 bits per heavy atom. The number of carbonyl (C=O) groups is 1. The summed E-state index contributed by atoms with van der Waals surface area (Å²) in [6.45, 7) is 7.83. The zero-order chi connectivity index (χ0) is 13.2. The molecule has 0 saturated heterocycles. The van der Waals surface area contributed by atoms with Crippen molar-refractivity contribution in [1.29, 1.82) is 0 Å². The summed E-state index contributed by atoms with van der Waals surface area (Å²) in [4.78, 5) is 10.5. The van der Waals surface area contributed by atoms with Crippen LogP contribution >= 0.6 is 0 Å². The van der Waals surface area contributed by atoms with Crippen LogP contribution in [0.3, 0.4) is 0 Å². The van der Waals surface area contributed by atoms with Crippen LogP contribution in [0.5, 0.6) is 5.75 Å². The fourth-order valence-corrected chi connectivity index (χ4v) is 1.64. The Morgan fingerprint density at radius 3 is 2.35 bits per heavy atom. The first-order valence-corrected chi connectivity index (χ1v) is 5.47. The number of phenolic OH excluding ortho intramolecular Hbond substituents is 1. The first-order chi connectivity index (χ1) is 7.71. The topological polar surface area (TPSA) is 57.5 Å². The lowest BCUT2D eigenvalue weighted by molar-refractivity contribution is -0.131. The molecule has 0 bridgehead atoms. The van der Waals surface area contributed by atoms with Crippen LogP contribution in [0, 0.1) is 6.92 Å². The van der Waals surface area contributed by atoms with Crippen LogP contribution in [0.15, 0.2) is 18.2 Å². The van der Waals surface area contributed by atoms with Crippen molar-refractivity contribution in [3.63, 3.8) is 0 Å². The summed E-state index contributed by atoms with van der Waals surface area (Å²) in [5.74, 6) is -0.696. The van der Waals surface area contributed by atoms with Crippen molar-refractivity contribution in [1.82, 2.24) is 0 Å². The number of carboxylic acids is 1. The number of benzene rings is 1. The molecule has 1 aromatic rings. The van der Waals surface area contributed by atoms with Gasteiger partial charge in [0.15, 0.2) is 0 Å². The zero-order valence-corrected chi connectivity index (χ0v) is 10.6. The molecule has 3 nitrogen and oxygen atoms in total. The standard InChI is InChI=1S/C14H18O3/c1-9-7-10(5-6-12(15)16)8-11(13(9)17)14(2,3)4/h5-8,17H,1-4H3,(H,15,16). The van der Waals surface area contributed by atoms with Gasteiger partial charge in [-0.05, 0) is 41.7 Å². The molecule has 92 valence electrons. The number of hydrogen-bond acceptors (Lipinski definition) is 2. The van der Waals surface area contributed by atoms with Gasteiger partial charge < -0.3 is 10.2 Å². The van der Waals surface area contributed by atoms with E-state index in [-0.39, 0.29) is 11.2 Å². The number of phenols is 1. The van der Waals surface area contributed by atoms with Crippen molar-refractivity contribution in [3.05, 3.63) is 34.9 Å². The Balaban J connectivity index is 3.29. The molecule has 0 aliphatic heterocycles. The summed E-state index contributed by atoms with van der Waals surface area (Å²) in [5, 5.41) is 18.6. The number of rotatable bonds is 2. The Hall–Kier alpha value is -1.77. The molecule has 0 unspecified atom stereocenters. The van der Waals surface area contributed by atoms with E-state index < -0.39 is 5.97 Å². The number of aliphatic carboxylic acids is 1. The van der Waals surface area contributed by atoms with Gasteiger partial charge in [-0.15, -0.1) is 0 Å². The molecule has 0 atom stereocenters. The minimum atomic E-state index is -0.979. The van der Waals surface area contributed by atoms with Gasteiger partial charge in [-0.25, -0.2) is 4.79 Å². The second kappa shape index (κ2) is 4.62. The average molecular weight is 234 g/mol. The van der Waals surface area contributed by atoms with E-state index in [2.05, 4.69) is 0 Å². The van der Waals surface area contributed by atoms with Gasteiger partial charge in [0.05, 0.1) is 0 Å². The molecule has 0 aromatic heterocycles. The molecule has 0 aliphatic rings. The van der Waals surface area contributed by atoms with Gasteiger partial charge >= 0.3 is 5.97 Å². The lowest BCUT2D eigenvalue weighted by Gasteiger charge is -2.22. The fourth-order valence-electron chi connectivity index (χ4n) is 1.64. The molecule has 0 radical (unpaired) electrons. The Labute approximate surface area is 101 Å². The van der Waals surface area contributed by atoms with Gasteiger partial charge in [0.2, 0.25) is 0 Å². The monoisotopic (exact) mass is 234 g/mol. The van der Waals surface area contributed by atoms with Crippen molar-refractivity contribution >= 4 is 12.0 Å². The summed E-state index contributed by atoms with van der Waals surface area (Å²) in [6.07, 6.45) is 2.63. The third-order valence-corrected chi connectivity index (χ3v) is 2.55. The van der Waals surface area contributed by atoms with Crippen LogP contribution in [-0.2, 0) is 10.2 Å². The molecule has 1 aromatic carbocycles. The average Bonchev–Trinajstić information content (AvgIpc) is 2.17. The van der Waals surface area contributed by atoms with E-state index >= 15 is 0 Å². The summed E-state index contributed by atoms with van der Waals surface area (Å²) in [5.41, 5.74) is 2.18. The van der Waals surface area contributed by atoms with Crippen LogP contribution in [0.1, 0.15) is 37.5 Å². The molecular formula is C14H18O3. The van der Waals surface area contributed by atoms with Crippen LogP contribution in [0.2, 0.25) is 0 Å². The van der Waals surface area contributed by atoms with Gasteiger partial charge in [-0.3, -0.25) is 0 Å². The highest BCUT2D eigenvalue weighted by Crippen LogP contribution is 2.34. The fraction of sp³-hybridized carbons (Fsp3) is 0.357. The quantitative estimate of drug-likeness (QED) is 0.773. The Morgan fingerprint density at radius 1 is 1.29 bits per heavy atom. The highest BCUT2D eigenvalue weighted by atomic mass is 16.4. The Bertz CT molecular complexity index is 465. The van der Waals surface area contributed by atoms with Gasteiger partial charge in [-0.2, -0.15) is 0 Å². The highest BCUT2D eigenvalue weighted by Gasteiger charge is 2.19. The molecule has 0 spiro atoms. The third-order valence-electron chi connectivity index (χ3n) is 2.55. The van der Waals surface area contributed by atoms with Crippen LogP contribution < -0.4 is 0 Å². The second-order valence-electron chi connectivity index (χ2n) is 5.16. The lowest BCUT2D eigenvalue weighted by Crippen LogP contribution is -2.12. The van der Waals surface area contributed by atoms with E-state index in [1.807, 2.05) is 33.8 Å². The molecule has 17 heavy (non-hydrogen) atoms. The first kappa shape index (κ1) is 13.3. The van der Waals surface area contributed by atoms with E-state index in [1.165, 1.54) is 6.08 Å². The smallest absolute Gasteiger partial charge is 0.328 e. The van der Waals surface area contributed by atoms with Gasteiger partial charge in [0, 0.05) is 11.6 Å². The molecule has 2 N–H and O–H groups in total. The molecule has 0 heterocycles. The normalized spacial score (nSPS) is 12.0.